The summed E-state index contributed by atoms with van der Waals surface area (Å²) in [5.41, 5.74) is 3.76. The highest BCUT2D eigenvalue weighted by atomic mass is 31.3. The summed E-state index contributed by atoms with van der Waals surface area (Å²) in [4.78, 5) is 53.2. The average Bonchev–Trinajstić information content (AvgIpc) is 3.37. The number of ketones is 1. The molecule has 1 aliphatic heterocycles. The number of hydrogen-bond acceptors (Lipinski definition) is 13. The number of para-hydroxylation sites is 1. The zero-order chi connectivity index (χ0) is 27.2. The zero-order valence-corrected chi connectivity index (χ0v) is 20.6. The van der Waals surface area contributed by atoms with Gasteiger partial charge in [-0.3, -0.25) is 13.9 Å². The maximum absolute atomic E-state index is 14.0. The minimum atomic E-state index is -5.43. The van der Waals surface area contributed by atoms with Crippen LogP contribution in [0.25, 0.3) is 11.2 Å². The number of aliphatic hydroxyl groups is 2. The third-order valence-electron chi connectivity index (χ3n) is 5.53. The molecule has 0 amide bonds. The molecule has 0 radical (unpaired) electrons. The Morgan fingerprint density at radius 3 is 2.59 bits per heavy atom. The van der Waals surface area contributed by atoms with E-state index in [1.165, 1.54) is 6.07 Å². The molecule has 0 saturated carbocycles. The molecule has 1 aliphatic rings. The second-order valence-corrected chi connectivity index (χ2v) is 10.6. The van der Waals surface area contributed by atoms with Gasteiger partial charge in [-0.25, -0.2) is 24.1 Å². The highest BCUT2D eigenvalue weighted by molar-refractivity contribution is 7.60. The smallest absolute Gasteiger partial charge is 0.388 e. The van der Waals surface area contributed by atoms with Crippen molar-refractivity contribution in [3.05, 3.63) is 42.5 Å². The summed E-state index contributed by atoms with van der Waals surface area (Å²) in [7, 11) is -9.22. The van der Waals surface area contributed by atoms with E-state index < -0.39 is 52.1 Å². The summed E-state index contributed by atoms with van der Waals surface area (Å²) in [6.07, 6.45) is -3.47. The van der Waals surface area contributed by atoms with Crippen LogP contribution in [0.15, 0.2) is 36.9 Å². The number of nitrogens with one attached hydrogen (secondary N) is 1. The second kappa shape index (κ2) is 9.81. The number of phosphoric acid groups is 2. The first-order valence-corrected chi connectivity index (χ1v) is 13.4. The first-order valence-electron chi connectivity index (χ1n) is 10.3. The second-order valence-electron chi connectivity index (χ2n) is 7.80. The van der Waals surface area contributed by atoms with E-state index in [-0.39, 0.29) is 22.5 Å². The molecule has 0 spiro atoms. The number of phosphoric ester groups is 1. The number of nitrogens with two attached hydrogens (primary N) is 1. The van der Waals surface area contributed by atoms with E-state index in [9.17, 15) is 29.0 Å². The van der Waals surface area contributed by atoms with Crippen molar-refractivity contribution in [2.75, 3.05) is 24.7 Å². The van der Waals surface area contributed by atoms with Gasteiger partial charge in [-0.05, 0) is 12.1 Å². The van der Waals surface area contributed by atoms with Crippen LogP contribution in [0.3, 0.4) is 0 Å². The molecule has 19 heteroatoms. The zero-order valence-electron chi connectivity index (χ0n) is 18.8. The van der Waals surface area contributed by atoms with E-state index in [1.54, 1.807) is 25.2 Å². The van der Waals surface area contributed by atoms with Crippen LogP contribution in [-0.4, -0.2) is 82.2 Å². The van der Waals surface area contributed by atoms with E-state index in [2.05, 4.69) is 29.1 Å². The van der Waals surface area contributed by atoms with Crippen molar-refractivity contribution in [1.82, 2.24) is 19.5 Å². The first kappa shape index (κ1) is 27.2. The number of anilines is 2. The SMILES string of the molecule is CNc1ccccc1C(=O)[C@@]1(n2cnc3c(N)ncnc32)O[C@H](COP(=O)(O)OP(=O)(O)O)[C@@H](O)[C@H]1O. The lowest BCUT2D eigenvalue weighted by Crippen LogP contribution is -2.52. The summed E-state index contributed by atoms with van der Waals surface area (Å²) in [5, 5.41) is 24.8. The third kappa shape index (κ3) is 5.02. The van der Waals surface area contributed by atoms with Gasteiger partial charge in [0.1, 0.15) is 36.5 Å². The van der Waals surface area contributed by atoms with Gasteiger partial charge in [0.05, 0.1) is 6.61 Å². The van der Waals surface area contributed by atoms with E-state index in [0.717, 1.165) is 17.2 Å². The van der Waals surface area contributed by atoms with Crippen molar-refractivity contribution in [2.24, 2.45) is 0 Å². The fourth-order valence-electron chi connectivity index (χ4n) is 3.95. The van der Waals surface area contributed by atoms with E-state index in [1.807, 2.05) is 0 Å². The number of fused-ring (bicyclic) bond motifs is 1. The van der Waals surface area contributed by atoms with Gasteiger partial charge < -0.3 is 40.7 Å². The third-order valence-corrected chi connectivity index (χ3v) is 7.69. The van der Waals surface area contributed by atoms with Crippen molar-refractivity contribution >= 4 is 44.1 Å². The van der Waals surface area contributed by atoms with Gasteiger partial charge in [0.2, 0.25) is 11.5 Å². The van der Waals surface area contributed by atoms with Crippen LogP contribution < -0.4 is 11.1 Å². The van der Waals surface area contributed by atoms with Crippen molar-refractivity contribution in [2.45, 2.75) is 24.0 Å². The van der Waals surface area contributed by atoms with Gasteiger partial charge >= 0.3 is 15.6 Å². The molecule has 17 nitrogen and oxygen atoms in total. The van der Waals surface area contributed by atoms with Crippen molar-refractivity contribution < 1.29 is 52.4 Å². The fourth-order valence-corrected chi connectivity index (χ4v) is 5.55. The molecule has 3 aromatic rings. The van der Waals surface area contributed by atoms with E-state index in [4.69, 9.17) is 20.3 Å². The van der Waals surface area contributed by atoms with Crippen LogP contribution in [0.2, 0.25) is 0 Å². The van der Waals surface area contributed by atoms with Crippen LogP contribution in [0.1, 0.15) is 10.4 Å². The van der Waals surface area contributed by atoms with Gasteiger partial charge in [-0.15, -0.1) is 0 Å². The first-order chi connectivity index (χ1) is 17.3. The summed E-state index contributed by atoms with van der Waals surface area (Å²) in [6.45, 7) is -1.03. The number of ether oxygens (including phenoxy) is 1. The lowest BCUT2D eigenvalue weighted by atomic mass is 9.92. The summed E-state index contributed by atoms with van der Waals surface area (Å²) >= 11 is 0. The predicted octanol–water partition coefficient (Wildman–Crippen LogP) is -0.667. The van der Waals surface area contributed by atoms with Crippen LogP contribution in [0.4, 0.5) is 11.5 Å². The molecule has 1 saturated heterocycles. The van der Waals surface area contributed by atoms with Crippen molar-refractivity contribution in [3.63, 3.8) is 0 Å². The Balaban J connectivity index is 1.81. The molecule has 3 heterocycles. The number of benzene rings is 1. The molecule has 0 aliphatic carbocycles. The van der Waals surface area contributed by atoms with Gasteiger partial charge in [0, 0.05) is 18.3 Å². The Morgan fingerprint density at radius 2 is 1.92 bits per heavy atom. The lowest BCUT2D eigenvalue weighted by Gasteiger charge is -2.32. The minimum absolute atomic E-state index is 0.0272. The highest BCUT2D eigenvalue weighted by Gasteiger charge is 2.61. The fraction of sp³-hybridized carbons (Fsp3) is 0.333. The molecule has 37 heavy (non-hydrogen) atoms. The van der Waals surface area contributed by atoms with Crippen LogP contribution in [0, 0.1) is 0 Å². The molecule has 2 aromatic heterocycles. The van der Waals surface area contributed by atoms with Crippen molar-refractivity contribution in [3.8, 4) is 0 Å². The molecule has 5 atom stereocenters. The number of carbonyl (C=O) groups excluding carboxylic acids is 1. The molecule has 200 valence electrons. The molecular formula is C18H22N6O11P2. The Labute approximate surface area is 207 Å². The Kier molecular flexibility index (Phi) is 7.22. The maximum atomic E-state index is 14.0. The number of Topliss-reactive ketones (excluding diaryl/α,β-unsaturated/α-hetero) is 1. The molecule has 8 N–H and O–H groups in total. The highest BCUT2D eigenvalue weighted by Crippen LogP contribution is 2.58. The lowest BCUT2D eigenvalue weighted by molar-refractivity contribution is -0.112. The number of imidazole rings is 1. The van der Waals surface area contributed by atoms with E-state index in [0.29, 0.717) is 5.69 Å². The molecule has 1 fully saturated rings. The summed E-state index contributed by atoms with van der Waals surface area (Å²) in [6, 6.07) is 6.20. The average molecular weight is 560 g/mol. The van der Waals surface area contributed by atoms with Gasteiger partial charge in [0.25, 0.3) is 0 Å². The predicted molar refractivity (Wildman–Crippen MR) is 124 cm³/mol. The van der Waals surface area contributed by atoms with Crippen LogP contribution in [-0.2, 0) is 28.4 Å². The van der Waals surface area contributed by atoms with Crippen LogP contribution >= 0.6 is 15.6 Å². The molecule has 0 bridgehead atoms. The minimum Gasteiger partial charge on any atom is -0.388 e. The molecule has 4 rings (SSSR count). The standard InChI is InChI=1S/C18H22N6O11P2/c1-20-10-5-3-2-4-9(10)14(26)18(24-8-23-12-16(19)21-7-22-17(12)24)15(27)13(25)11(34-18)6-33-37(31,32)35-36(28,29)30/h2-5,7-8,11,13,15,20,25,27H,6H2,1H3,(H,31,32)(H2,19,21,22)(H2,28,29,30)/t11-,13-,15-,18-/m1/s1. The number of aromatic nitrogens is 4. The Bertz CT molecular complexity index is 1430. The number of hydrogen-bond donors (Lipinski definition) is 7. The Morgan fingerprint density at radius 1 is 1.22 bits per heavy atom. The van der Waals surface area contributed by atoms with Gasteiger partial charge in [-0.1, -0.05) is 12.1 Å². The molecule has 1 aromatic carbocycles. The quantitative estimate of drug-likeness (QED) is 0.126. The Hall–Kier alpha value is -2.82. The van der Waals surface area contributed by atoms with Gasteiger partial charge in [-0.2, -0.15) is 4.31 Å². The monoisotopic (exact) mass is 560 g/mol. The van der Waals surface area contributed by atoms with Gasteiger partial charge in [0.15, 0.2) is 11.5 Å². The number of nitrogens with zero attached hydrogens (tertiary/aromatic N) is 4. The van der Waals surface area contributed by atoms with E-state index >= 15 is 0 Å². The molecular weight excluding hydrogens is 538 g/mol. The van der Waals surface area contributed by atoms with Crippen LogP contribution in [0.5, 0.6) is 0 Å². The topological polar surface area (TPSA) is 262 Å². The number of rotatable bonds is 9. The number of aliphatic hydroxyl groups excluding tert-OH is 2. The summed E-state index contributed by atoms with van der Waals surface area (Å²) < 4.78 is 38.0. The van der Waals surface area contributed by atoms with Crippen molar-refractivity contribution in [1.29, 1.82) is 0 Å². The normalized spacial score (nSPS) is 25.7. The number of carbonyl (C=O) groups is 1. The number of nitrogen functional groups attached to an aromatic ring is 1. The molecule has 1 unspecified atom stereocenters. The maximum Gasteiger partial charge on any atom is 0.481 e. The summed E-state index contributed by atoms with van der Waals surface area (Å²) in [5.74, 6) is -0.924. The largest absolute Gasteiger partial charge is 0.481 e.